The van der Waals surface area contributed by atoms with Gasteiger partial charge >= 0.3 is 0 Å². The third kappa shape index (κ3) is 3.00. The van der Waals surface area contributed by atoms with Gasteiger partial charge in [0.25, 0.3) is 0 Å². The second kappa shape index (κ2) is 5.67. The van der Waals surface area contributed by atoms with E-state index in [2.05, 4.69) is 12.1 Å². The van der Waals surface area contributed by atoms with E-state index in [9.17, 15) is 0 Å². The zero-order chi connectivity index (χ0) is 11.1. The Labute approximate surface area is 89.5 Å². The van der Waals surface area contributed by atoms with Crippen LogP contribution in [0.3, 0.4) is 0 Å². The van der Waals surface area contributed by atoms with Crippen LogP contribution in [0.4, 0.5) is 0 Å². The Morgan fingerprint density at radius 3 is 2.47 bits per heavy atom. The zero-order valence-electron chi connectivity index (χ0n) is 8.60. The second-order valence-corrected chi connectivity index (χ2v) is 3.20. The van der Waals surface area contributed by atoms with E-state index < -0.39 is 0 Å². The third-order valence-corrected chi connectivity index (χ3v) is 2.24. The summed E-state index contributed by atoms with van der Waals surface area (Å²) < 4.78 is 5.10. The van der Waals surface area contributed by atoms with Crippen LogP contribution in [0.2, 0.25) is 0 Å². The molecule has 1 aromatic carbocycles. The summed E-state index contributed by atoms with van der Waals surface area (Å²) in [6.45, 7) is 0. The van der Waals surface area contributed by atoms with Crippen molar-refractivity contribution in [2.45, 2.75) is 18.8 Å². The Morgan fingerprint density at radius 1 is 1.27 bits per heavy atom. The Morgan fingerprint density at radius 2 is 1.93 bits per heavy atom. The number of hydrogen-bond donors (Lipinski definition) is 0. The summed E-state index contributed by atoms with van der Waals surface area (Å²) in [5.41, 5.74) is 0.984. The van der Waals surface area contributed by atoms with Gasteiger partial charge in [-0.2, -0.15) is 10.5 Å². The van der Waals surface area contributed by atoms with Gasteiger partial charge in [-0.1, -0.05) is 12.1 Å². The van der Waals surface area contributed by atoms with Crippen LogP contribution in [0, 0.1) is 22.7 Å². The summed E-state index contributed by atoms with van der Waals surface area (Å²) >= 11 is 0. The molecule has 0 heterocycles. The predicted octanol–water partition coefficient (Wildman–Crippen LogP) is 2.61. The van der Waals surface area contributed by atoms with Gasteiger partial charge in [0.05, 0.1) is 19.2 Å². The first-order valence-electron chi connectivity index (χ1n) is 4.69. The van der Waals surface area contributed by atoms with Crippen LogP contribution >= 0.6 is 0 Å². The molecule has 0 bridgehead atoms. The summed E-state index contributed by atoms with van der Waals surface area (Å²) in [6, 6.07) is 11.7. The molecule has 0 N–H and O–H groups in total. The van der Waals surface area contributed by atoms with E-state index in [0.29, 0.717) is 12.8 Å². The minimum absolute atomic E-state index is 0.0184. The van der Waals surface area contributed by atoms with E-state index in [1.54, 1.807) is 7.11 Å². The average Bonchev–Trinajstić information content (AvgIpc) is 2.29. The maximum Gasteiger partial charge on any atom is 0.119 e. The molecular weight excluding hydrogens is 188 g/mol. The lowest BCUT2D eigenvalue weighted by Crippen LogP contribution is -1.97. The van der Waals surface area contributed by atoms with Crippen molar-refractivity contribution in [3.05, 3.63) is 29.8 Å². The quantitative estimate of drug-likeness (QED) is 0.750. The van der Waals surface area contributed by atoms with Gasteiger partial charge in [0.2, 0.25) is 0 Å². The minimum Gasteiger partial charge on any atom is -0.497 e. The van der Waals surface area contributed by atoms with E-state index in [1.165, 1.54) is 0 Å². The highest BCUT2D eigenvalue weighted by Crippen LogP contribution is 2.25. The highest BCUT2D eigenvalue weighted by molar-refractivity contribution is 5.31. The SMILES string of the molecule is COc1cccc(C(CC#N)CC#N)c1. The lowest BCUT2D eigenvalue weighted by Gasteiger charge is -2.11. The van der Waals surface area contributed by atoms with Gasteiger partial charge in [-0.3, -0.25) is 0 Å². The molecule has 1 aromatic rings. The van der Waals surface area contributed by atoms with Crippen molar-refractivity contribution in [3.8, 4) is 17.9 Å². The average molecular weight is 200 g/mol. The number of hydrogen-bond acceptors (Lipinski definition) is 3. The van der Waals surface area contributed by atoms with Crippen LogP contribution in [0.1, 0.15) is 24.3 Å². The van der Waals surface area contributed by atoms with Gasteiger partial charge in [0.15, 0.2) is 0 Å². The predicted molar refractivity (Wildman–Crippen MR) is 56.2 cm³/mol. The van der Waals surface area contributed by atoms with E-state index in [-0.39, 0.29) is 5.92 Å². The van der Waals surface area contributed by atoms with Gasteiger partial charge in [0, 0.05) is 18.8 Å². The number of ether oxygens (including phenoxy) is 1. The normalized spacial score (nSPS) is 9.33. The van der Waals surface area contributed by atoms with Crippen molar-refractivity contribution in [3.63, 3.8) is 0 Å². The smallest absolute Gasteiger partial charge is 0.119 e. The molecule has 0 spiro atoms. The van der Waals surface area contributed by atoms with Crippen molar-refractivity contribution in [2.75, 3.05) is 7.11 Å². The first-order chi connectivity index (χ1) is 7.31. The first-order valence-corrected chi connectivity index (χ1v) is 4.69. The van der Waals surface area contributed by atoms with Crippen molar-refractivity contribution in [1.82, 2.24) is 0 Å². The monoisotopic (exact) mass is 200 g/mol. The molecule has 0 aliphatic rings. The molecule has 0 amide bonds. The molecular formula is C12H12N2O. The molecule has 0 atom stereocenters. The summed E-state index contributed by atoms with van der Waals surface area (Å²) in [7, 11) is 1.60. The molecule has 76 valence electrons. The topological polar surface area (TPSA) is 56.8 Å². The fraction of sp³-hybridized carbons (Fsp3) is 0.333. The van der Waals surface area contributed by atoms with Gasteiger partial charge in [0.1, 0.15) is 5.75 Å². The van der Waals surface area contributed by atoms with E-state index >= 15 is 0 Å². The molecule has 0 fully saturated rings. The molecule has 15 heavy (non-hydrogen) atoms. The third-order valence-electron chi connectivity index (χ3n) is 2.24. The molecule has 0 radical (unpaired) electrons. The van der Waals surface area contributed by atoms with Crippen LogP contribution in [0.5, 0.6) is 5.75 Å². The van der Waals surface area contributed by atoms with Crippen LogP contribution < -0.4 is 4.74 Å². The number of methoxy groups -OCH3 is 1. The second-order valence-electron chi connectivity index (χ2n) is 3.20. The van der Waals surface area contributed by atoms with Crippen LogP contribution in [-0.4, -0.2) is 7.11 Å². The maximum atomic E-state index is 8.66. The Bertz CT molecular complexity index is 385. The minimum atomic E-state index is -0.0184. The summed E-state index contributed by atoms with van der Waals surface area (Å²) in [6.07, 6.45) is 0.724. The lowest BCUT2D eigenvalue weighted by molar-refractivity contribution is 0.414. The van der Waals surface area contributed by atoms with Crippen molar-refractivity contribution < 1.29 is 4.74 Å². The number of nitrogens with zero attached hydrogens (tertiary/aromatic N) is 2. The van der Waals surface area contributed by atoms with Crippen LogP contribution in [0.25, 0.3) is 0 Å². The van der Waals surface area contributed by atoms with Crippen LogP contribution in [-0.2, 0) is 0 Å². The Hall–Kier alpha value is -2.00. The molecule has 0 aliphatic carbocycles. The summed E-state index contributed by atoms with van der Waals surface area (Å²) in [5, 5.41) is 17.3. The van der Waals surface area contributed by atoms with Crippen LogP contribution in [0.15, 0.2) is 24.3 Å². The fourth-order valence-electron chi connectivity index (χ4n) is 1.42. The summed E-state index contributed by atoms with van der Waals surface area (Å²) in [4.78, 5) is 0. The molecule has 0 saturated heterocycles. The van der Waals surface area contributed by atoms with Gasteiger partial charge < -0.3 is 4.74 Å². The molecule has 0 aliphatic heterocycles. The highest BCUT2D eigenvalue weighted by atomic mass is 16.5. The maximum absolute atomic E-state index is 8.66. The number of nitriles is 2. The molecule has 3 nitrogen and oxygen atoms in total. The van der Waals surface area contributed by atoms with Crippen molar-refractivity contribution >= 4 is 0 Å². The largest absolute Gasteiger partial charge is 0.497 e. The molecule has 0 saturated carbocycles. The van der Waals surface area contributed by atoms with E-state index in [1.807, 2.05) is 24.3 Å². The zero-order valence-corrected chi connectivity index (χ0v) is 8.60. The summed E-state index contributed by atoms with van der Waals surface area (Å²) in [5.74, 6) is 0.739. The van der Waals surface area contributed by atoms with Gasteiger partial charge in [-0.25, -0.2) is 0 Å². The van der Waals surface area contributed by atoms with E-state index in [0.717, 1.165) is 11.3 Å². The highest BCUT2D eigenvalue weighted by Gasteiger charge is 2.11. The van der Waals surface area contributed by atoms with Gasteiger partial charge in [-0.05, 0) is 17.7 Å². The molecule has 0 unspecified atom stereocenters. The molecule has 1 rings (SSSR count). The lowest BCUT2D eigenvalue weighted by atomic mass is 9.93. The van der Waals surface area contributed by atoms with E-state index in [4.69, 9.17) is 15.3 Å². The molecule has 3 heteroatoms. The van der Waals surface area contributed by atoms with Crippen molar-refractivity contribution in [1.29, 1.82) is 10.5 Å². The number of rotatable bonds is 4. The van der Waals surface area contributed by atoms with Crippen molar-refractivity contribution in [2.24, 2.45) is 0 Å². The van der Waals surface area contributed by atoms with Gasteiger partial charge in [-0.15, -0.1) is 0 Å². The Kier molecular flexibility index (Phi) is 4.19. The Balaban J connectivity index is 2.91. The standard InChI is InChI=1S/C12H12N2O/c1-15-12-4-2-3-11(9-12)10(5-7-13)6-8-14/h2-4,9-10H,5-6H2,1H3. The number of benzene rings is 1. The fourth-order valence-corrected chi connectivity index (χ4v) is 1.42. The molecule has 0 aromatic heterocycles. The first kappa shape index (κ1) is 11.1.